The molecule has 4 rings (SSSR count). The number of hydrogen-bond acceptors (Lipinski definition) is 2. The molecular weight excluding hydrogens is 328 g/mol. The molecule has 0 saturated carbocycles. The van der Waals surface area contributed by atoms with Crippen molar-refractivity contribution in [3.8, 4) is 5.69 Å². The number of aromatic nitrogens is 1. The first-order valence-electron chi connectivity index (χ1n) is 8.37. The van der Waals surface area contributed by atoms with E-state index in [1.807, 2.05) is 18.2 Å². The van der Waals surface area contributed by atoms with Crippen molar-refractivity contribution in [3.05, 3.63) is 77.1 Å². The van der Waals surface area contributed by atoms with Gasteiger partial charge < -0.3 is 9.88 Å². The molecule has 3 aromatic rings. The van der Waals surface area contributed by atoms with E-state index in [1.54, 1.807) is 11.8 Å². The number of thioether (sulfide) groups is 1. The van der Waals surface area contributed by atoms with Crippen LogP contribution < -0.4 is 5.32 Å². The molecule has 0 saturated heterocycles. The Bertz CT molecular complexity index is 957. The number of para-hydroxylation sites is 1. The van der Waals surface area contributed by atoms with E-state index in [9.17, 15) is 4.79 Å². The molecule has 1 aliphatic rings. The Hall–Kier alpha value is -2.46. The molecule has 1 atom stereocenters. The van der Waals surface area contributed by atoms with Gasteiger partial charge in [0.25, 0.3) is 0 Å². The largest absolute Gasteiger partial charge is 0.324 e. The number of carbonyl (C=O) groups excluding carboxylic acids is 1. The lowest BCUT2D eigenvalue weighted by Gasteiger charge is -2.24. The molecule has 1 aliphatic heterocycles. The van der Waals surface area contributed by atoms with Crippen molar-refractivity contribution in [2.45, 2.75) is 30.9 Å². The summed E-state index contributed by atoms with van der Waals surface area (Å²) in [5.74, 6) is 0.0489. The van der Waals surface area contributed by atoms with Crippen molar-refractivity contribution >= 4 is 23.4 Å². The van der Waals surface area contributed by atoms with Crippen LogP contribution in [0.4, 0.5) is 5.69 Å². The lowest BCUT2D eigenvalue weighted by Crippen LogP contribution is -2.23. The molecule has 0 fully saturated rings. The quantitative estimate of drug-likeness (QED) is 0.692. The van der Waals surface area contributed by atoms with Crippen LogP contribution in [0.25, 0.3) is 5.69 Å². The van der Waals surface area contributed by atoms with Crippen molar-refractivity contribution in [2.75, 3.05) is 5.32 Å². The lowest BCUT2D eigenvalue weighted by atomic mass is 10.1. The number of carbonyl (C=O) groups is 1. The highest BCUT2D eigenvalue weighted by Gasteiger charge is 2.31. The summed E-state index contributed by atoms with van der Waals surface area (Å²) < 4.78 is 2.23. The number of rotatable bonds is 2. The first-order valence-corrected chi connectivity index (χ1v) is 9.25. The SMILES string of the molecule is Cc1ccc(-n2c(C)cc([C@H]3Sc4ccccc4NC3=O)c2C)cc1. The standard InChI is InChI=1S/C21H20N2OS/c1-13-8-10-16(11-9-13)23-14(2)12-17(15(23)3)20-21(24)22-18-6-4-5-7-19(18)25-20/h4-12,20H,1-3H3,(H,22,24)/t20-/m1/s1. The number of aryl methyl sites for hydroxylation is 2. The second-order valence-electron chi connectivity index (χ2n) is 6.48. The highest BCUT2D eigenvalue weighted by atomic mass is 32.2. The second-order valence-corrected chi connectivity index (χ2v) is 7.63. The van der Waals surface area contributed by atoms with Crippen LogP contribution in [0.2, 0.25) is 0 Å². The maximum atomic E-state index is 12.7. The van der Waals surface area contributed by atoms with Crippen LogP contribution in [0, 0.1) is 20.8 Å². The van der Waals surface area contributed by atoms with Crippen LogP contribution >= 0.6 is 11.8 Å². The second kappa shape index (κ2) is 6.12. The van der Waals surface area contributed by atoms with Crippen LogP contribution in [0.15, 0.2) is 59.5 Å². The minimum Gasteiger partial charge on any atom is -0.324 e. The fourth-order valence-corrected chi connectivity index (χ4v) is 4.59. The van der Waals surface area contributed by atoms with Crippen molar-refractivity contribution in [3.63, 3.8) is 0 Å². The predicted octanol–water partition coefficient (Wildman–Crippen LogP) is 5.19. The van der Waals surface area contributed by atoms with Crippen molar-refractivity contribution in [2.24, 2.45) is 0 Å². The van der Waals surface area contributed by atoms with Gasteiger partial charge in [-0.05, 0) is 56.7 Å². The maximum absolute atomic E-state index is 12.7. The van der Waals surface area contributed by atoms with E-state index in [0.29, 0.717) is 0 Å². The van der Waals surface area contributed by atoms with Crippen molar-refractivity contribution in [1.29, 1.82) is 0 Å². The minimum atomic E-state index is -0.222. The summed E-state index contributed by atoms with van der Waals surface area (Å²) in [4.78, 5) is 13.8. The van der Waals surface area contributed by atoms with Gasteiger partial charge in [0.1, 0.15) is 5.25 Å². The monoisotopic (exact) mass is 348 g/mol. The van der Waals surface area contributed by atoms with Gasteiger partial charge in [-0.25, -0.2) is 0 Å². The first kappa shape index (κ1) is 16.0. The molecule has 3 nitrogen and oxygen atoms in total. The smallest absolute Gasteiger partial charge is 0.242 e. The Kier molecular flexibility index (Phi) is 3.92. The fraction of sp³-hybridized carbons (Fsp3) is 0.190. The summed E-state index contributed by atoms with van der Waals surface area (Å²) in [6, 6.07) is 18.6. The van der Waals surface area contributed by atoms with Gasteiger partial charge in [0.15, 0.2) is 0 Å². The normalized spacial score (nSPS) is 16.4. The van der Waals surface area contributed by atoms with E-state index in [2.05, 4.69) is 67.1 Å². The van der Waals surface area contributed by atoms with E-state index in [0.717, 1.165) is 33.2 Å². The van der Waals surface area contributed by atoms with E-state index < -0.39 is 0 Å². The molecular formula is C21H20N2OS. The number of anilines is 1. The molecule has 25 heavy (non-hydrogen) atoms. The third kappa shape index (κ3) is 2.76. The molecule has 1 N–H and O–H groups in total. The zero-order chi connectivity index (χ0) is 17.6. The van der Waals surface area contributed by atoms with E-state index in [4.69, 9.17) is 0 Å². The average Bonchev–Trinajstić information content (AvgIpc) is 2.89. The molecule has 2 heterocycles. The molecule has 0 unspecified atom stereocenters. The van der Waals surface area contributed by atoms with Gasteiger partial charge in [0.2, 0.25) is 5.91 Å². The molecule has 126 valence electrons. The molecule has 2 aromatic carbocycles. The Morgan fingerprint density at radius 1 is 1.00 bits per heavy atom. The third-order valence-electron chi connectivity index (χ3n) is 4.67. The molecule has 0 bridgehead atoms. The van der Waals surface area contributed by atoms with E-state index in [-0.39, 0.29) is 11.2 Å². The molecule has 1 amide bonds. The summed E-state index contributed by atoms with van der Waals surface area (Å²) in [5.41, 5.74) is 6.62. The molecule has 0 radical (unpaired) electrons. The third-order valence-corrected chi connectivity index (χ3v) is 5.99. The molecule has 0 spiro atoms. The van der Waals surface area contributed by atoms with Crippen LogP contribution in [0.5, 0.6) is 0 Å². The maximum Gasteiger partial charge on any atom is 0.242 e. The van der Waals surface area contributed by atoms with Gasteiger partial charge in [-0.3, -0.25) is 4.79 Å². The lowest BCUT2D eigenvalue weighted by molar-refractivity contribution is -0.115. The van der Waals surface area contributed by atoms with E-state index >= 15 is 0 Å². The number of nitrogens with one attached hydrogen (secondary N) is 1. The number of benzene rings is 2. The first-order chi connectivity index (χ1) is 12.0. The van der Waals surface area contributed by atoms with Gasteiger partial charge in [-0.2, -0.15) is 0 Å². The number of amides is 1. The summed E-state index contributed by atoms with van der Waals surface area (Å²) in [6.07, 6.45) is 0. The number of hydrogen-bond donors (Lipinski definition) is 1. The summed E-state index contributed by atoms with van der Waals surface area (Å²) in [7, 11) is 0. The molecule has 1 aromatic heterocycles. The summed E-state index contributed by atoms with van der Waals surface area (Å²) >= 11 is 1.63. The number of fused-ring (bicyclic) bond motifs is 1. The minimum absolute atomic E-state index is 0.0489. The van der Waals surface area contributed by atoms with E-state index in [1.165, 1.54) is 5.56 Å². The van der Waals surface area contributed by atoms with Crippen molar-refractivity contribution in [1.82, 2.24) is 4.57 Å². The predicted molar refractivity (Wildman–Crippen MR) is 104 cm³/mol. The Labute approximate surface area is 152 Å². The van der Waals surface area contributed by atoms with Crippen LogP contribution in [-0.4, -0.2) is 10.5 Å². The zero-order valence-corrected chi connectivity index (χ0v) is 15.4. The number of nitrogens with zero attached hydrogens (tertiary/aromatic N) is 1. The van der Waals surface area contributed by atoms with Gasteiger partial charge in [-0.1, -0.05) is 29.8 Å². The van der Waals surface area contributed by atoms with Crippen LogP contribution in [0.1, 0.15) is 27.8 Å². The summed E-state index contributed by atoms with van der Waals surface area (Å²) in [6.45, 7) is 6.28. The van der Waals surface area contributed by atoms with Crippen molar-refractivity contribution < 1.29 is 4.79 Å². The summed E-state index contributed by atoms with van der Waals surface area (Å²) in [5, 5.41) is 2.82. The Balaban J connectivity index is 1.76. The highest BCUT2D eigenvalue weighted by molar-refractivity contribution is 8.00. The molecule has 4 heteroatoms. The topological polar surface area (TPSA) is 34.0 Å². The molecule has 0 aliphatic carbocycles. The van der Waals surface area contributed by atoms with Crippen LogP contribution in [0.3, 0.4) is 0 Å². The zero-order valence-electron chi connectivity index (χ0n) is 14.5. The van der Waals surface area contributed by atoms with Gasteiger partial charge in [0, 0.05) is 22.0 Å². The van der Waals surface area contributed by atoms with Gasteiger partial charge in [-0.15, -0.1) is 11.8 Å². The fourth-order valence-electron chi connectivity index (χ4n) is 3.40. The Morgan fingerprint density at radius 2 is 1.72 bits per heavy atom. The Morgan fingerprint density at radius 3 is 2.48 bits per heavy atom. The van der Waals surface area contributed by atoms with Gasteiger partial charge in [0.05, 0.1) is 5.69 Å². The highest BCUT2D eigenvalue weighted by Crippen LogP contribution is 2.45. The van der Waals surface area contributed by atoms with Crippen LogP contribution in [-0.2, 0) is 4.79 Å². The van der Waals surface area contributed by atoms with Gasteiger partial charge >= 0.3 is 0 Å². The average molecular weight is 348 g/mol.